The summed E-state index contributed by atoms with van der Waals surface area (Å²) in [6, 6.07) is 18.6. The number of aryl methyl sites for hydroxylation is 1. The van der Waals surface area contributed by atoms with Crippen LogP contribution in [-0.4, -0.2) is 26.7 Å². The van der Waals surface area contributed by atoms with Gasteiger partial charge in [0.1, 0.15) is 22.8 Å². The maximum absolute atomic E-state index is 13.4. The van der Waals surface area contributed by atoms with Gasteiger partial charge < -0.3 is 10.4 Å². The molecule has 6 nitrogen and oxygen atoms in total. The molecule has 2 aromatic carbocycles. The summed E-state index contributed by atoms with van der Waals surface area (Å²) in [7, 11) is 1.73. The average Bonchev–Trinajstić information content (AvgIpc) is 2.73. The van der Waals surface area contributed by atoms with Gasteiger partial charge in [-0.15, -0.1) is 0 Å². The van der Waals surface area contributed by atoms with E-state index in [1.54, 1.807) is 42.1 Å². The molecule has 0 saturated heterocycles. The van der Waals surface area contributed by atoms with Gasteiger partial charge in [-0.25, -0.2) is 9.97 Å². The molecular weight excluding hydrogens is 352 g/mol. The second-order valence-electron chi connectivity index (χ2n) is 6.45. The zero-order valence-corrected chi connectivity index (χ0v) is 15.5. The Labute approximate surface area is 162 Å². The van der Waals surface area contributed by atoms with E-state index in [9.17, 15) is 9.90 Å². The lowest BCUT2D eigenvalue weighted by atomic mass is 10.1. The van der Waals surface area contributed by atoms with Crippen molar-refractivity contribution in [1.82, 2.24) is 14.5 Å². The molecule has 0 fully saturated rings. The molecule has 0 aliphatic heterocycles. The Bertz CT molecular complexity index is 1190. The highest BCUT2D eigenvalue weighted by Crippen LogP contribution is 2.28. The molecule has 4 rings (SSSR count). The first-order chi connectivity index (χ1) is 13.7. The van der Waals surface area contributed by atoms with E-state index in [0.717, 1.165) is 5.56 Å². The van der Waals surface area contributed by atoms with Crippen molar-refractivity contribution in [3.8, 4) is 17.1 Å². The first-order valence-corrected chi connectivity index (χ1v) is 9.08. The van der Waals surface area contributed by atoms with Gasteiger partial charge in [0, 0.05) is 19.8 Å². The van der Waals surface area contributed by atoms with Gasteiger partial charge in [-0.3, -0.25) is 9.36 Å². The van der Waals surface area contributed by atoms with Gasteiger partial charge in [0.05, 0.1) is 11.1 Å². The van der Waals surface area contributed by atoms with Gasteiger partial charge >= 0.3 is 0 Å². The van der Waals surface area contributed by atoms with E-state index in [2.05, 4.69) is 10.3 Å². The molecule has 0 unspecified atom stereocenters. The minimum absolute atomic E-state index is 0.0881. The fourth-order valence-electron chi connectivity index (χ4n) is 3.31. The zero-order valence-electron chi connectivity index (χ0n) is 15.5. The van der Waals surface area contributed by atoms with E-state index in [1.807, 2.05) is 36.4 Å². The number of fused-ring (bicyclic) bond motifs is 1. The Hall–Kier alpha value is -3.67. The molecule has 2 heterocycles. The Kier molecular flexibility index (Phi) is 4.76. The maximum Gasteiger partial charge on any atom is 0.265 e. The molecule has 2 N–H and O–H groups in total. The number of para-hydroxylation sites is 1. The van der Waals surface area contributed by atoms with Crippen LogP contribution in [0.5, 0.6) is 5.75 Å². The van der Waals surface area contributed by atoms with Crippen LogP contribution in [0.25, 0.3) is 22.3 Å². The Balaban J connectivity index is 1.93. The number of hydrogen-bond acceptors (Lipinski definition) is 5. The lowest BCUT2D eigenvalue weighted by molar-refractivity contribution is 0.476. The van der Waals surface area contributed by atoms with Crippen molar-refractivity contribution in [3.63, 3.8) is 0 Å². The van der Waals surface area contributed by atoms with Crippen molar-refractivity contribution >= 4 is 16.7 Å². The standard InChI is InChI=1S/C22H20N4O2/c1-23-20-19-17(11-13-24-20)25-21(16-9-5-6-10-18(16)27)26(22(19)28)14-12-15-7-3-2-4-8-15/h2-11,13,27H,12,14H2,1H3,(H,23,24). The summed E-state index contributed by atoms with van der Waals surface area (Å²) in [5.74, 6) is 1.03. The van der Waals surface area contributed by atoms with Crippen LogP contribution >= 0.6 is 0 Å². The van der Waals surface area contributed by atoms with Gasteiger partial charge in [0.15, 0.2) is 0 Å². The van der Waals surface area contributed by atoms with Crippen LogP contribution in [0, 0.1) is 0 Å². The summed E-state index contributed by atoms with van der Waals surface area (Å²) in [6.45, 7) is 0.438. The van der Waals surface area contributed by atoms with E-state index in [-0.39, 0.29) is 11.3 Å². The van der Waals surface area contributed by atoms with Crippen LogP contribution in [0.15, 0.2) is 71.7 Å². The van der Waals surface area contributed by atoms with E-state index in [0.29, 0.717) is 41.1 Å². The normalized spacial score (nSPS) is 10.9. The third-order valence-corrected chi connectivity index (χ3v) is 4.72. The van der Waals surface area contributed by atoms with E-state index in [4.69, 9.17) is 4.98 Å². The molecule has 0 aliphatic rings. The fraction of sp³-hybridized carbons (Fsp3) is 0.136. The van der Waals surface area contributed by atoms with Crippen LogP contribution in [0.1, 0.15) is 5.56 Å². The predicted molar refractivity (Wildman–Crippen MR) is 111 cm³/mol. The third-order valence-electron chi connectivity index (χ3n) is 4.72. The summed E-state index contributed by atoms with van der Waals surface area (Å²) >= 11 is 0. The summed E-state index contributed by atoms with van der Waals surface area (Å²) in [5.41, 5.74) is 2.00. The second-order valence-corrected chi connectivity index (χ2v) is 6.45. The van der Waals surface area contributed by atoms with E-state index >= 15 is 0 Å². The van der Waals surface area contributed by atoms with Crippen LogP contribution in [0.4, 0.5) is 5.82 Å². The number of nitrogens with zero attached hydrogens (tertiary/aromatic N) is 3. The largest absolute Gasteiger partial charge is 0.507 e. The molecule has 0 amide bonds. The number of phenolic OH excluding ortho intramolecular Hbond substituents is 1. The van der Waals surface area contributed by atoms with E-state index < -0.39 is 0 Å². The minimum Gasteiger partial charge on any atom is -0.507 e. The number of rotatable bonds is 5. The molecule has 140 valence electrons. The van der Waals surface area contributed by atoms with Crippen molar-refractivity contribution in [2.45, 2.75) is 13.0 Å². The highest BCUT2D eigenvalue weighted by atomic mass is 16.3. The zero-order chi connectivity index (χ0) is 19.5. The maximum atomic E-state index is 13.4. The molecule has 0 aliphatic carbocycles. The third kappa shape index (κ3) is 3.20. The van der Waals surface area contributed by atoms with Crippen molar-refractivity contribution in [2.24, 2.45) is 0 Å². The number of nitrogens with one attached hydrogen (secondary N) is 1. The number of phenols is 1. The number of benzene rings is 2. The molecule has 0 radical (unpaired) electrons. The number of anilines is 1. The Morgan fingerprint density at radius 2 is 1.79 bits per heavy atom. The highest BCUT2D eigenvalue weighted by molar-refractivity contribution is 5.89. The molecule has 4 aromatic rings. The van der Waals surface area contributed by atoms with Crippen LogP contribution in [0.3, 0.4) is 0 Å². The lowest BCUT2D eigenvalue weighted by Gasteiger charge is -2.15. The van der Waals surface area contributed by atoms with Gasteiger partial charge in [-0.2, -0.15) is 0 Å². The first kappa shape index (κ1) is 17.7. The summed E-state index contributed by atoms with van der Waals surface area (Å²) in [4.78, 5) is 22.4. The van der Waals surface area contributed by atoms with Crippen molar-refractivity contribution in [1.29, 1.82) is 0 Å². The van der Waals surface area contributed by atoms with Gasteiger partial charge in [0.25, 0.3) is 5.56 Å². The lowest BCUT2D eigenvalue weighted by Crippen LogP contribution is -2.25. The topological polar surface area (TPSA) is 80.0 Å². The van der Waals surface area contributed by atoms with Crippen LogP contribution < -0.4 is 10.9 Å². The first-order valence-electron chi connectivity index (χ1n) is 9.08. The van der Waals surface area contributed by atoms with E-state index in [1.165, 1.54) is 0 Å². The van der Waals surface area contributed by atoms with Crippen molar-refractivity contribution in [2.75, 3.05) is 12.4 Å². The van der Waals surface area contributed by atoms with Crippen molar-refractivity contribution < 1.29 is 5.11 Å². The molecule has 0 spiro atoms. The molecule has 2 aromatic heterocycles. The number of aromatic nitrogens is 3. The highest BCUT2D eigenvalue weighted by Gasteiger charge is 2.17. The monoisotopic (exact) mass is 372 g/mol. The number of hydrogen-bond donors (Lipinski definition) is 2. The summed E-state index contributed by atoms with van der Waals surface area (Å²) in [6.07, 6.45) is 2.28. The molecule has 0 saturated carbocycles. The molecule has 6 heteroatoms. The molecule has 0 bridgehead atoms. The van der Waals surface area contributed by atoms with Gasteiger partial charge in [0.2, 0.25) is 0 Å². The number of pyridine rings is 1. The van der Waals surface area contributed by atoms with Crippen molar-refractivity contribution in [3.05, 3.63) is 82.8 Å². The fourth-order valence-corrected chi connectivity index (χ4v) is 3.31. The molecule has 0 atom stereocenters. The van der Waals surface area contributed by atoms with Crippen LogP contribution in [0.2, 0.25) is 0 Å². The molecule has 28 heavy (non-hydrogen) atoms. The Morgan fingerprint density at radius 1 is 1.04 bits per heavy atom. The minimum atomic E-state index is -0.184. The van der Waals surface area contributed by atoms with Crippen LogP contribution in [-0.2, 0) is 13.0 Å². The average molecular weight is 372 g/mol. The smallest absolute Gasteiger partial charge is 0.265 e. The second kappa shape index (κ2) is 7.52. The van der Waals surface area contributed by atoms with Gasteiger partial charge in [-0.05, 0) is 30.2 Å². The molecular formula is C22H20N4O2. The predicted octanol–water partition coefficient (Wildman–Crippen LogP) is 3.45. The van der Waals surface area contributed by atoms with Gasteiger partial charge in [-0.1, -0.05) is 42.5 Å². The number of aromatic hydroxyl groups is 1. The summed E-state index contributed by atoms with van der Waals surface area (Å²) in [5, 5.41) is 13.8. The Morgan fingerprint density at radius 3 is 2.54 bits per heavy atom. The SMILES string of the molecule is CNc1nccc2nc(-c3ccccc3O)n(CCc3ccccc3)c(=O)c12. The quantitative estimate of drug-likeness (QED) is 0.561. The summed E-state index contributed by atoms with van der Waals surface area (Å²) < 4.78 is 1.62.